The average molecular weight is 435 g/mol. The number of hydrogen-bond donors (Lipinski definition) is 2. The molecule has 164 valence electrons. The van der Waals surface area contributed by atoms with Crippen molar-refractivity contribution in [2.45, 2.75) is 0 Å². The third-order valence-corrected chi connectivity index (χ3v) is 6.03. The smallest absolute Gasteiger partial charge is 0.0730 e. The van der Waals surface area contributed by atoms with Gasteiger partial charge in [0.25, 0.3) is 0 Å². The Morgan fingerprint density at radius 3 is 1.88 bits per heavy atom. The second-order valence-corrected chi connectivity index (χ2v) is 8.08. The Balaban J connectivity index is 1.67. The highest BCUT2D eigenvalue weighted by molar-refractivity contribution is 6.08. The Kier molecular flexibility index (Phi) is 6.03. The largest absolute Gasteiger partial charge is 0.395 e. The number of aliphatic hydroxyl groups is 2. The van der Waals surface area contributed by atoms with Crippen LogP contribution in [0.1, 0.15) is 11.3 Å². The number of anilines is 1. The molecule has 0 bridgehead atoms. The molecule has 4 heteroatoms. The van der Waals surface area contributed by atoms with Gasteiger partial charge in [-0.15, -0.1) is 0 Å². The molecule has 0 aliphatic carbocycles. The average Bonchev–Trinajstić information content (AvgIpc) is 2.86. The minimum Gasteiger partial charge on any atom is -0.395 e. The quantitative estimate of drug-likeness (QED) is 0.332. The van der Waals surface area contributed by atoms with Crippen LogP contribution in [-0.4, -0.2) is 41.5 Å². The van der Waals surface area contributed by atoms with E-state index < -0.39 is 0 Å². The number of rotatable bonds is 7. The first-order chi connectivity index (χ1) is 16.3. The second-order valence-electron chi connectivity index (χ2n) is 8.08. The highest BCUT2D eigenvalue weighted by Crippen LogP contribution is 2.31. The van der Waals surface area contributed by atoms with E-state index in [9.17, 15) is 10.2 Å². The lowest BCUT2D eigenvalue weighted by atomic mass is 9.96. The van der Waals surface area contributed by atoms with Gasteiger partial charge in [-0.3, -0.25) is 0 Å². The van der Waals surface area contributed by atoms with E-state index in [0.29, 0.717) is 13.1 Å². The predicted molar refractivity (Wildman–Crippen MR) is 139 cm³/mol. The molecule has 33 heavy (non-hydrogen) atoms. The first-order valence-corrected chi connectivity index (χ1v) is 11.2. The van der Waals surface area contributed by atoms with Crippen LogP contribution in [0.15, 0.2) is 84.9 Å². The maximum atomic E-state index is 9.57. The normalized spacial score (nSPS) is 11.7. The molecule has 0 aliphatic rings. The van der Waals surface area contributed by atoms with E-state index >= 15 is 0 Å². The Bertz CT molecular complexity index is 1400. The summed E-state index contributed by atoms with van der Waals surface area (Å²) in [6.07, 6.45) is 4.20. The van der Waals surface area contributed by atoms with Crippen LogP contribution in [0.5, 0.6) is 0 Å². The number of nitrogens with zero attached hydrogens (tertiary/aromatic N) is 2. The van der Waals surface area contributed by atoms with Crippen molar-refractivity contribution in [3.63, 3.8) is 0 Å². The number of fused-ring (bicyclic) bond motifs is 3. The van der Waals surface area contributed by atoms with Crippen molar-refractivity contribution < 1.29 is 10.2 Å². The van der Waals surface area contributed by atoms with Gasteiger partial charge in [0.2, 0.25) is 0 Å². The minimum atomic E-state index is 0.0177. The number of benzene rings is 4. The van der Waals surface area contributed by atoms with Crippen molar-refractivity contribution in [2.24, 2.45) is 0 Å². The molecule has 0 saturated carbocycles. The molecule has 0 fully saturated rings. The van der Waals surface area contributed by atoms with Gasteiger partial charge in [-0.25, -0.2) is 4.98 Å². The van der Waals surface area contributed by atoms with Crippen LogP contribution in [0.4, 0.5) is 5.69 Å². The van der Waals surface area contributed by atoms with E-state index in [-0.39, 0.29) is 13.2 Å². The summed E-state index contributed by atoms with van der Waals surface area (Å²) < 4.78 is 0. The van der Waals surface area contributed by atoms with E-state index in [1.807, 2.05) is 35.2 Å². The van der Waals surface area contributed by atoms with Gasteiger partial charge in [-0.05, 0) is 51.4 Å². The summed E-state index contributed by atoms with van der Waals surface area (Å²) in [5.41, 5.74) is 3.86. The maximum Gasteiger partial charge on any atom is 0.0730 e. The van der Waals surface area contributed by atoms with Crippen molar-refractivity contribution in [1.29, 1.82) is 0 Å². The lowest BCUT2D eigenvalue weighted by molar-refractivity contribution is 0.281. The lowest BCUT2D eigenvalue weighted by Crippen LogP contribution is -2.30. The molecule has 0 unspecified atom stereocenters. The van der Waals surface area contributed by atoms with Gasteiger partial charge in [0.05, 0.1) is 24.4 Å². The SMILES string of the molecule is OCCN(CCO)c1cc(/C=C\c2c3ccccc3cc3ccccc23)nc2ccccc12. The van der Waals surface area contributed by atoms with Crippen molar-refractivity contribution in [2.75, 3.05) is 31.2 Å². The summed E-state index contributed by atoms with van der Waals surface area (Å²) in [7, 11) is 0. The molecule has 1 heterocycles. The number of aromatic nitrogens is 1. The lowest BCUT2D eigenvalue weighted by Gasteiger charge is -2.24. The topological polar surface area (TPSA) is 56.6 Å². The van der Waals surface area contributed by atoms with Gasteiger partial charge in [0, 0.05) is 24.2 Å². The molecular formula is C29H26N2O2. The fourth-order valence-electron chi connectivity index (χ4n) is 4.52. The number of pyridine rings is 1. The highest BCUT2D eigenvalue weighted by atomic mass is 16.3. The molecule has 0 spiro atoms. The third-order valence-electron chi connectivity index (χ3n) is 6.03. The van der Waals surface area contributed by atoms with Crippen LogP contribution < -0.4 is 4.90 Å². The van der Waals surface area contributed by atoms with Gasteiger partial charge in [-0.2, -0.15) is 0 Å². The van der Waals surface area contributed by atoms with Crippen LogP contribution in [-0.2, 0) is 0 Å². The van der Waals surface area contributed by atoms with E-state index in [0.717, 1.165) is 22.3 Å². The summed E-state index contributed by atoms with van der Waals surface area (Å²) >= 11 is 0. The summed E-state index contributed by atoms with van der Waals surface area (Å²) in [5.74, 6) is 0. The zero-order valence-corrected chi connectivity index (χ0v) is 18.4. The predicted octanol–water partition coefficient (Wildman–Crippen LogP) is 5.50. The zero-order valence-electron chi connectivity index (χ0n) is 18.4. The molecule has 5 rings (SSSR count). The molecule has 0 saturated heterocycles. The van der Waals surface area contributed by atoms with Crippen LogP contribution in [0.3, 0.4) is 0 Å². The molecular weight excluding hydrogens is 408 g/mol. The van der Waals surface area contributed by atoms with Gasteiger partial charge in [0.1, 0.15) is 0 Å². The van der Waals surface area contributed by atoms with Crippen LogP contribution in [0, 0.1) is 0 Å². The Hall–Kier alpha value is -3.73. The summed E-state index contributed by atoms with van der Waals surface area (Å²) in [4.78, 5) is 6.88. The summed E-state index contributed by atoms with van der Waals surface area (Å²) in [6, 6.07) is 29.2. The van der Waals surface area contributed by atoms with Gasteiger partial charge in [0.15, 0.2) is 0 Å². The molecule has 0 amide bonds. The summed E-state index contributed by atoms with van der Waals surface area (Å²) in [6.45, 7) is 0.936. The fourth-order valence-corrected chi connectivity index (χ4v) is 4.52. The molecule has 4 nitrogen and oxygen atoms in total. The molecule has 5 aromatic rings. The van der Waals surface area contributed by atoms with Gasteiger partial charge in [-0.1, -0.05) is 72.8 Å². The van der Waals surface area contributed by atoms with E-state index in [1.54, 1.807) is 0 Å². The first kappa shape index (κ1) is 21.1. The molecule has 4 aromatic carbocycles. The highest BCUT2D eigenvalue weighted by Gasteiger charge is 2.12. The van der Waals surface area contributed by atoms with E-state index in [2.05, 4.69) is 66.7 Å². The Morgan fingerprint density at radius 1 is 0.667 bits per heavy atom. The number of para-hydroxylation sites is 1. The van der Waals surface area contributed by atoms with Crippen LogP contribution in [0.2, 0.25) is 0 Å². The maximum absolute atomic E-state index is 9.57. The minimum absolute atomic E-state index is 0.0177. The van der Waals surface area contributed by atoms with E-state index in [4.69, 9.17) is 4.98 Å². The van der Waals surface area contributed by atoms with Crippen LogP contribution in [0.25, 0.3) is 44.6 Å². The Labute approximate surface area is 193 Å². The molecule has 2 N–H and O–H groups in total. The standard InChI is InChI=1S/C29H26N2O2/c32-17-15-31(16-18-33)29-20-23(30-28-12-6-5-11-27(28)29)13-14-26-24-9-3-1-7-21(24)19-22-8-2-4-10-25(22)26/h1-14,19-20,32-33H,15-18H2/b14-13-. The van der Waals surface area contributed by atoms with Crippen molar-refractivity contribution in [1.82, 2.24) is 4.98 Å². The molecule has 0 aliphatic heterocycles. The van der Waals surface area contributed by atoms with E-state index in [1.165, 1.54) is 27.1 Å². The second kappa shape index (κ2) is 9.41. The zero-order chi connectivity index (χ0) is 22.6. The third kappa shape index (κ3) is 4.19. The monoisotopic (exact) mass is 434 g/mol. The number of aliphatic hydroxyl groups excluding tert-OH is 2. The van der Waals surface area contributed by atoms with Gasteiger partial charge >= 0.3 is 0 Å². The van der Waals surface area contributed by atoms with Crippen LogP contribution >= 0.6 is 0 Å². The fraction of sp³-hybridized carbons (Fsp3) is 0.138. The number of hydrogen-bond acceptors (Lipinski definition) is 4. The first-order valence-electron chi connectivity index (χ1n) is 11.2. The van der Waals surface area contributed by atoms with Gasteiger partial charge < -0.3 is 15.1 Å². The molecule has 0 radical (unpaired) electrons. The van der Waals surface area contributed by atoms with Crippen molar-refractivity contribution in [3.05, 3.63) is 96.2 Å². The molecule has 0 atom stereocenters. The Morgan fingerprint density at radius 2 is 1.24 bits per heavy atom. The summed E-state index contributed by atoms with van der Waals surface area (Å²) in [5, 5.41) is 25.0. The van der Waals surface area contributed by atoms with Crippen molar-refractivity contribution in [3.8, 4) is 0 Å². The van der Waals surface area contributed by atoms with Crippen molar-refractivity contribution >= 4 is 50.3 Å². The molecule has 1 aromatic heterocycles.